The lowest BCUT2D eigenvalue weighted by Crippen LogP contribution is -2.05. The van der Waals surface area contributed by atoms with E-state index in [1.165, 1.54) is 6.42 Å². The Balaban J connectivity index is 2.10. The Labute approximate surface area is 90.7 Å². The number of hydrogen-bond donors (Lipinski definition) is 1. The van der Waals surface area contributed by atoms with Crippen LogP contribution < -0.4 is 5.32 Å². The Morgan fingerprint density at radius 3 is 3.00 bits per heavy atom. The summed E-state index contributed by atoms with van der Waals surface area (Å²) < 4.78 is 0. The van der Waals surface area contributed by atoms with E-state index in [2.05, 4.69) is 17.2 Å². The van der Waals surface area contributed by atoms with Crippen molar-refractivity contribution < 1.29 is 0 Å². The molecule has 0 radical (unpaired) electrons. The molecule has 1 heterocycles. The monoisotopic (exact) mass is 212 g/mol. The van der Waals surface area contributed by atoms with Crippen molar-refractivity contribution in [3.05, 3.63) is 24.4 Å². The Bertz CT molecular complexity index is 238. The van der Waals surface area contributed by atoms with Crippen LogP contribution in [0.25, 0.3) is 0 Å². The number of alkyl halides is 1. The average molecular weight is 213 g/mol. The van der Waals surface area contributed by atoms with Gasteiger partial charge in [0.25, 0.3) is 0 Å². The van der Waals surface area contributed by atoms with Crippen LogP contribution in [0.1, 0.15) is 19.8 Å². The summed E-state index contributed by atoms with van der Waals surface area (Å²) in [5.41, 5.74) is 0. The zero-order chi connectivity index (χ0) is 10.2. The molecule has 0 aromatic carbocycles. The molecule has 78 valence electrons. The van der Waals surface area contributed by atoms with Gasteiger partial charge < -0.3 is 5.32 Å². The summed E-state index contributed by atoms with van der Waals surface area (Å²) in [6.45, 7) is 3.14. The van der Waals surface area contributed by atoms with E-state index in [0.717, 1.165) is 24.7 Å². The normalized spacial score (nSPS) is 12.4. The van der Waals surface area contributed by atoms with Gasteiger partial charge in [-0.3, -0.25) is 0 Å². The minimum Gasteiger partial charge on any atom is -0.370 e. The molecule has 1 atom stereocenters. The van der Waals surface area contributed by atoms with E-state index in [-0.39, 0.29) is 0 Å². The van der Waals surface area contributed by atoms with Crippen molar-refractivity contribution in [2.75, 3.05) is 17.7 Å². The summed E-state index contributed by atoms with van der Waals surface area (Å²) in [7, 11) is 0. The first kappa shape index (κ1) is 11.3. The van der Waals surface area contributed by atoms with Gasteiger partial charge in [-0.1, -0.05) is 13.0 Å². The van der Waals surface area contributed by atoms with Crippen molar-refractivity contribution in [2.24, 2.45) is 5.92 Å². The van der Waals surface area contributed by atoms with Crippen LogP contribution in [-0.4, -0.2) is 17.4 Å². The maximum absolute atomic E-state index is 5.72. The first-order valence-corrected chi connectivity index (χ1v) is 5.57. The van der Waals surface area contributed by atoms with Gasteiger partial charge in [-0.25, -0.2) is 4.98 Å². The molecule has 1 aromatic rings. The number of halogens is 1. The van der Waals surface area contributed by atoms with E-state index in [1.807, 2.05) is 18.2 Å². The summed E-state index contributed by atoms with van der Waals surface area (Å²) in [5, 5.41) is 3.27. The second kappa shape index (κ2) is 6.66. The van der Waals surface area contributed by atoms with Gasteiger partial charge in [0.1, 0.15) is 5.82 Å². The standard InChI is InChI=1S/C11H17ClN2/c1-10(9-12)5-4-8-14-11-6-2-3-7-13-11/h2-3,6-7,10H,4-5,8-9H2,1H3,(H,13,14). The van der Waals surface area contributed by atoms with Crippen LogP contribution in [0.15, 0.2) is 24.4 Å². The van der Waals surface area contributed by atoms with Gasteiger partial charge in [-0.15, -0.1) is 11.6 Å². The number of hydrogen-bond acceptors (Lipinski definition) is 2. The molecule has 0 spiro atoms. The molecular formula is C11H17ClN2. The summed E-state index contributed by atoms with van der Waals surface area (Å²) in [6, 6.07) is 5.88. The second-order valence-electron chi connectivity index (χ2n) is 3.54. The molecule has 0 bridgehead atoms. The summed E-state index contributed by atoms with van der Waals surface area (Å²) >= 11 is 5.72. The van der Waals surface area contributed by atoms with Gasteiger partial charge in [0.15, 0.2) is 0 Å². The molecule has 0 saturated carbocycles. The largest absolute Gasteiger partial charge is 0.370 e. The first-order chi connectivity index (χ1) is 6.83. The fourth-order valence-corrected chi connectivity index (χ4v) is 1.37. The number of anilines is 1. The predicted octanol–water partition coefficient (Wildman–Crippen LogP) is 3.15. The molecule has 1 rings (SSSR count). The van der Waals surface area contributed by atoms with Crippen molar-refractivity contribution in [1.29, 1.82) is 0 Å². The maximum Gasteiger partial charge on any atom is 0.125 e. The third kappa shape index (κ3) is 4.47. The molecular weight excluding hydrogens is 196 g/mol. The Morgan fingerprint density at radius 1 is 1.50 bits per heavy atom. The van der Waals surface area contributed by atoms with Crippen molar-refractivity contribution >= 4 is 17.4 Å². The molecule has 3 heteroatoms. The second-order valence-corrected chi connectivity index (χ2v) is 3.85. The molecule has 0 aliphatic rings. The van der Waals surface area contributed by atoms with Gasteiger partial charge >= 0.3 is 0 Å². The van der Waals surface area contributed by atoms with E-state index in [4.69, 9.17) is 11.6 Å². The van der Waals surface area contributed by atoms with Crippen molar-refractivity contribution in [3.63, 3.8) is 0 Å². The smallest absolute Gasteiger partial charge is 0.125 e. The average Bonchev–Trinajstić information content (AvgIpc) is 2.25. The molecule has 14 heavy (non-hydrogen) atoms. The molecule has 0 amide bonds. The lowest BCUT2D eigenvalue weighted by Gasteiger charge is -2.08. The lowest BCUT2D eigenvalue weighted by atomic mass is 10.1. The maximum atomic E-state index is 5.72. The van der Waals surface area contributed by atoms with Crippen LogP contribution in [0.5, 0.6) is 0 Å². The highest BCUT2D eigenvalue weighted by molar-refractivity contribution is 6.18. The SMILES string of the molecule is CC(CCl)CCCNc1ccccn1. The van der Waals surface area contributed by atoms with E-state index in [1.54, 1.807) is 6.20 Å². The van der Waals surface area contributed by atoms with Crippen LogP contribution in [0.3, 0.4) is 0 Å². The van der Waals surface area contributed by atoms with Crippen molar-refractivity contribution in [2.45, 2.75) is 19.8 Å². The molecule has 1 unspecified atom stereocenters. The highest BCUT2D eigenvalue weighted by atomic mass is 35.5. The molecule has 0 aliphatic carbocycles. The lowest BCUT2D eigenvalue weighted by molar-refractivity contribution is 0.572. The topological polar surface area (TPSA) is 24.9 Å². The summed E-state index contributed by atoms with van der Waals surface area (Å²) in [5.74, 6) is 2.32. The van der Waals surface area contributed by atoms with Gasteiger partial charge in [-0.05, 0) is 30.9 Å². The third-order valence-corrected chi connectivity index (χ3v) is 2.63. The van der Waals surface area contributed by atoms with Crippen LogP contribution in [-0.2, 0) is 0 Å². The number of pyridine rings is 1. The molecule has 1 aromatic heterocycles. The number of nitrogens with zero attached hydrogens (tertiary/aromatic N) is 1. The van der Waals surface area contributed by atoms with Gasteiger partial charge in [-0.2, -0.15) is 0 Å². The van der Waals surface area contributed by atoms with Crippen LogP contribution in [0, 0.1) is 5.92 Å². The van der Waals surface area contributed by atoms with Gasteiger partial charge in [0, 0.05) is 18.6 Å². The fraction of sp³-hybridized carbons (Fsp3) is 0.545. The predicted molar refractivity (Wildman–Crippen MR) is 61.8 cm³/mol. The van der Waals surface area contributed by atoms with Crippen LogP contribution >= 0.6 is 11.6 Å². The molecule has 1 N–H and O–H groups in total. The highest BCUT2D eigenvalue weighted by Crippen LogP contribution is 2.07. The Morgan fingerprint density at radius 2 is 2.36 bits per heavy atom. The van der Waals surface area contributed by atoms with Gasteiger partial charge in [0.2, 0.25) is 0 Å². The number of aromatic nitrogens is 1. The summed E-state index contributed by atoms with van der Waals surface area (Å²) in [6.07, 6.45) is 4.11. The van der Waals surface area contributed by atoms with E-state index < -0.39 is 0 Å². The number of nitrogens with one attached hydrogen (secondary N) is 1. The van der Waals surface area contributed by atoms with Crippen molar-refractivity contribution in [3.8, 4) is 0 Å². The Hall–Kier alpha value is -0.760. The third-order valence-electron chi connectivity index (χ3n) is 2.11. The quantitative estimate of drug-likeness (QED) is 0.579. The van der Waals surface area contributed by atoms with E-state index >= 15 is 0 Å². The molecule has 2 nitrogen and oxygen atoms in total. The highest BCUT2D eigenvalue weighted by Gasteiger charge is 1.98. The zero-order valence-corrected chi connectivity index (χ0v) is 9.30. The van der Waals surface area contributed by atoms with Crippen LogP contribution in [0.2, 0.25) is 0 Å². The minimum absolute atomic E-state index is 0.613. The Kier molecular flexibility index (Phi) is 5.38. The fourth-order valence-electron chi connectivity index (χ4n) is 1.21. The molecule has 0 fully saturated rings. The summed E-state index contributed by atoms with van der Waals surface area (Å²) in [4.78, 5) is 4.18. The van der Waals surface area contributed by atoms with Gasteiger partial charge in [0.05, 0.1) is 0 Å². The van der Waals surface area contributed by atoms with Crippen molar-refractivity contribution in [1.82, 2.24) is 4.98 Å². The molecule has 0 aliphatic heterocycles. The van der Waals surface area contributed by atoms with E-state index in [9.17, 15) is 0 Å². The van der Waals surface area contributed by atoms with Crippen LogP contribution in [0.4, 0.5) is 5.82 Å². The first-order valence-electron chi connectivity index (χ1n) is 5.04. The molecule has 0 saturated heterocycles. The minimum atomic E-state index is 0.613. The number of rotatable bonds is 6. The van der Waals surface area contributed by atoms with E-state index in [0.29, 0.717) is 5.92 Å². The zero-order valence-electron chi connectivity index (χ0n) is 8.54.